The van der Waals surface area contributed by atoms with Crippen LogP contribution in [0.5, 0.6) is 0 Å². The van der Waals surface area contributed by atoms with Gasteiger partial charge in [-0.3, -0.25) is 14.4 Å². The van der Waals surface area contributed by atoms with Crippen LogP contribution in [0.2, 0.25) is 0 Å². The molecule has 168 valence electrons. The van der Waals surface area contributed by atoms with Crippen molar-refractivity contribution in [3.63, 3.8) is 0 Å². The van der Waals surface area contributed by atoms with Crippen molar-refractivity contribution in [3.8, 4) is 0 Å². The number of benzene rings is 2. The fraction of sp³-hybridized carbons (Fsp3) is 0.261. The second-order valence-corrected chi connectivity index (χ2v) is 7.42. The highest BCUT2D eigenvalue weighted by Gasteiger charge is 2.27. The molecule has 32 heavy (non-hydrogen) atoms. The maximum atomic E-state index is 13.3. The van der Waals surface area contributed by atoms with Gasteiger partial charge < -0.3 is 21.1 Å². The molecule has 0 spiro atoms. The Morgan fingerprint density at radius 3 is 2.41 bits per heavy atom. The molecule has 3 atom stereocenters. The summed E-state index contributed by atoms with van der Waals surface area (Å²) in [5, 5.41) is 17.7. The van der Waals surface area contributed by atoms with Crippen LogP contribution in [0.3, 0.4) is 0 Å². The number of rotatable bonds is 6. The van der Waals surface area contributed by atoms with Crippen molar-refractivity contribution in [2.24, 2.45) is 0 Å². The number of carbonyl (C=O) groups excluding carboxylic acids is 3. The van der Waals surface area contributed by atoms with Crippen molar-refractivity contribution in [2.45, 2.75) is 31.5 Å². The molecule has 0 saturated carbocycles. The fourth-order valence-corrected chi connectivity index (χ4v) is 3.31. The van der Waals surface area contributed by atoms with Gasteiger partial charge in [0.1, 0.15) is 23.7 Å². The number of aliphatic hydroxyl groups excluding tert-OH is 1. The quantitative estimate of drug-likeness (QED) is 0.544. The summed E-state index contributed by atoms with van der Waals surface area (Å²) < 4.78 is 26.7. The van der Waals surface area contributed by atoms with Crippen molar-refractivity contribution in [2.75, 3.05) is 6.54 Å². The number of aliphatic hydroxyl groups is 1. The van der Waals surface area contributed by atoms with E-state index in [1.54, 1.807) is 6.08 Å². The lowest BCUT2D eigenvalue weighted by Crippen LogP contribution is -2.52. The monoisotopic (exact) mass is 443 g/mol. The summed E-state index contributed by atoms with van der Waals surface area (Å²) in [6.45, 7) is 1.77. The van der Waals surface area contributed by atoms with E-state index in [2.05, 4.69) is 16.0 Å². The first-order chi connectivity index (χ1) is 15.2. The van der Waals surface area contributed by atoms with Gasteiger partial charge in [-0.1, -0.05) is 30.3 Å². The van der Waals surface area contributed by atoms with E-state index in [4.69, 9.17) is 0 Å². The van der Waals surface area contributed by atoms with Gasteiger partial charge >= 0.3 is 0 Å². The lowest BCUT2D eigenvalue weighted by atomic mass is 10.0. The first-order valence-electron chi connectivity index (χ1n) is 10.0. The predicted octanol–water partition coefficient (Wildman–Crippen LogP) is 1.59. The van der Waals surface area contributed by atoms with Gasteiger partial charge in [-0.05, 0) is 48.3 Å². The summed E-state index contributed by atoms with van der Waals surface area (Å²) in [6.07, 6.45) is 0.375. The minimum atomic E-state index is -1.87. The minimum absolute atomic E-state index is 0.286. The summed E-state index contributed by atoms with van der Waals surface area (Å²) in [7, 11) is 0. The van der Waals surface area contributed by atoms with Crippen LogP contribution in [0.4, 0.5) is 8.78 Å². The zero-order valence-electron chi connectivity index (χ0n) is 17.3. The Balaban J connectivity index is 1.67. The molecule has 0 unspecified atom stereocenters. The second-order valence-electron chi connectivity index (χ2n) is 7.42. The van der Waals surface area contributed by atoms with Crippen molar-refractivity contribution < 1.29 is 28.3 Å². The number of hydrogen-bond donors (Lipinski definition) is 4. The largest absolute Gasteiger partial charge is 0.378 e. The van der Waals surface area contributed by atoms with Crippen molar-refractivity contribution in [3.05, 3.63) is 77.4 Å². The molecule has 7 nitrogen and oxygen atoms in total. The first-order valence-corrected chi connectivity index (χ1v) is 10.0. The van der Waals surface area contributed by atoms with E-state index in [1.165, 1.54) is 6.92 Å². The van der Waals surface area contributed by atoms with Crippen LogP contribution in [0.25, 0.3) is 5.57 Å². The molecule has 3 rings (SSSR count). The van der Waals surface area contributed by atoms with Crippen LogP contribution in [0.15, 0.2) is 54.6 Å². The fourth-order valence-electron chi connectivity index (χ4n) is 3.31. The molecule has 0 bridgehead atoms. The minimum Gasteiger partial charge on any atom is -0.378 e. The molecule has 2 aromatic carbocycles. The lowest BCUT2D eigenvalue weighted by Gasteiger charge is -2.20. The summed E-state index contributed by atoms with van der Waals surface area (Å²) in [6, 6.07) is 9.60. The Hall–Kier alpha value is -3.59. The maximum absolute atomic E-state index is 13.3. The summed E-state index contributed by atoms with van der Waals surface area (Å²) in [4.78, 5) is 37.2. The Bertz CT molecular complexity index is 1020. The Morgan fingerprint density at radius 2 is 1.75 bits per heavy atom. The third kappa shape index (κ3) is 5.76. The van der Waals surface area contributed by atoms with Gasteiger partial charge in [0, 0.05) is 12.6 Å². The van der Waals surface area contributed by atoms with E-state index in [0.717, 1.165) is 23.3 Å². The van der Waals surface area contributed by atoms with Crippen LogP contribution in [0, 0.1) is 11.6 Å². The molecule has 9 heteroatoms. The van der Waals surface area contributed by atoms with E-state index in [0.29, 0.717) is 19.0 Å². The zero-order valence-corrected chi connectivity index (χ0v) is 17.3. The molecule has 0 saturated heterocycles. The normalized spacial score (nSPS) is 17.9. The van der Waals surface area contributed by atoms with Gasteiger partial charge in [0.05, 0.1) is 0 Å². The first kappa shape index (κ1) is 23.1. The molecular formula is C23H23F2N3O4. The van der Waals surface area contributed by atoms with E-state index in [9.17, 15) is 28.3 Å². The van der Waals surface area contributed by atoms with E-state index in [1.807, 2.05) is 30.3 Å². The average Bonchev–Trinajstić information content (AvgIpc) is 2.94. The molecule has 0 fully saturated rings. The van der Waals surface area contributed by atoms with E-state index >= 15 is 0 Å². The molecule has 0 aromatic heterocycles. The molecule has 1 aliphatic heterocycles. The number of nitrogens with one attached hydrogen (secondary N) is 3. The van der Waals surface area contributed by atoms with Gasteiger partial charge in [0.25, 0.3) is 5.91 Å². The van der Waals surface area contributed by atoms with Crippen molar-refractivity contribution in [1.29, 1.82) is 0 Å². The highest BCUT2D eigenvalue weighted by Crippen LogP contribution is 2.20. The Morgan fingerprint density at radius 1 is 1.09 bits per heavy atom. The van der Waals surface area contributed by atoms with Gasteiger partial charge in [0.15, 0.2) is 6.10 Å². The number of halogens is 2. The molecule has 2 aromatic rings. The van der Waals surface area contributed by atoms with Crippen molar-refractivity contribution in [1.82, 2.24) is 16.0 Å². The topological polar surface area (TPSA) is 108 Å². The van der Waals surface area contributed by atoms with Crippen LogP contribution >= 0.6 is 0 Å². The number of carbonyl (C=O) groups is 3. The van der Waals surface area contributed by atoms with Gasteiger partial charge in [-0.15, -0.1) is 0 Å². The molecule has 0 radical (unpaired) electrons. The molecule has 1 heterocycles. The van der Waals surface area contributed by atoms with E-state index in [-0.39, 0.29) is 5.56 Å². The Kier molecular flexibility index (Phi) is 7.32. The lowest BCUT2D eigenvalue weighted by molar-refractivity contribution is -0.134. The second kappa shape index (κ2) is 10.1. The third-order valence-electron chi connectivity index (χ3n) is 4.99. The number of amides is 3. The maximum Gasteiger partial charge on any atom is 0.254 e. The summed E-state index contributed by atoms with van der Waals surface area (Å²) in [5.74, 6) is -3.96. The predicted molar refractivity (Wildman–Crippen MR) is 113 cm³/mol. The number of hydrogen-bond acceptors (Lipinski definition) is 4. The van der Waals surface area contributed by atoms with Gasteiger partial charge in [-0.25, -0.2) is 8.78 Å². The standard InChI is InChI=1S/C23H23F2N3O4/c1-13(27-23(32)20(29)16-9-17(24)12-18(25)10-16)21(30)28-19-11-15(7-8-26-22(19)31)14-5-3-2-4-6-14/h2-6,9-13,19-20,29H,7-8H2,1H3,(H,26,31)(H,27,32)(H,28,30)/t13-,19-,20+/m0/s1. The van der Waals surface area contributed by atoms with E-state index < -0.39 is 47.5 Å². The van der Waals surface area contributed by atoms with Gasteiger partial charge in [-0.2, -0.15) is 0 Å². The molecule has 4 N–H and O–H groups in total. The average molecular weight is 443 g/mol. The van der Waals surface area contributed by atoms with Crippen LogP contribution < -0.4 is 16.0 Å². The Labute approximate surface area is 183 Å². The highest BCUT2D eigenvalue weighted by molar-refractivity contribution is 5.95. The molecular weight excluding hydrogens is 420 g/mol. The zero-order chi connectivity index (χ0) is 23.3. The van der Waals surface area contributed by atoms with Crippen LogP contribution in [-0.4, -0.2) is 41.5 Å². The van der Waals surface area contributed by atoms with Crippen molar-refractivity contribution >= 4 is 23.3 Å². The van der Waals surface area contributed by atoms with Gasteiger partial charge in [0.2, 0.25) is 11.8 Å². The molecule has 1 aliphatic rings. The molecule has 0 aliphatic carbocycles. The third-order valence-corrected chi connectivity index (χ3v) is 4.99. The summed E-state index contributed by atoms with van der Waals surface area (Å²) in [5.41, 5.74) is 1.52. The van der Waals surface area contributed by atoms with Crippen LogP contribution in [0.1, 0.15) is 30.6 Å². The summed E-state index contributed by atoms with van der Waals surface area (Å²) >= 11 is 0. The smallest absolute Gasteiger partial charge is 0.254 e. The SMILES string of the molecule is C[C@H](NC(=O)[C@H](O)c1cc(F)cc(F)c1)C(=O)N[C@H]1C=C(c2ccccc2)CCNC1=O. The molecule has 3 amide bonds. The highest BCUT2D eigenvalue weighted by atomic mass is 19.1. The van der Waals surface area contributed by atoms with Crippen LogP contribution in [-0.2, 0) is 14.4 Å².